The van der Waals surface area contributed by atoms with Gasteiger partial charge >= 0.3 is 0 Å². The highest BCUT2D eigenvalue weighted by Crippen LogP contribution is 2.42. The summed E-state index contributed by atoms with van der Waals surface area (Å²) >= 11 is 1.75. The van der Waals surface area contributed by atoms with Crippen molar-refractivity contribution in [3.05, 3.63) is 26.6 Å². The van der Waals surface area contributed by atoms with Gasteiger partial charge in [0.2, 0.25) is 0 Å². The van der Waals surface area contributed by atoms with E-state index in [1.54, 1.807) is 18.4 Å². The van der Waals surface area contributed by atoms with Gasteiger partial charge in [-0.05, 0) is 42.6 Å². The van der Waals surface area contributed by atoms with Crippen molar-refractivity contribution in [1.29, 1.82) is 0 Å². The quantitative estimate of drug-likeness (QED) is 0.800. The van der Waals surface area contributed by atoms with Gasteiger partial charge in [0, 0.05) is 18.4 Å². The lowest BCUT2D eigenvalue weighted by Gasteiger charge is -2.33. The SMILES string of the molecule is CCCc1nc2sc3c(c2c(=O)n1CCOC)CCC(C(C)(C)C)C3. The maximum Gasteiger partial charge on any atom is 0.262 e. The van der Waals surface area contributed by atoms with Gasteiger partial charge < -0.3 is 4.74 Å². The molecule has 1 aliphatic carbocycles. The molecular formula is C20H30N2O2S. The first kappa shape index (κ1) is 18.6. The fourth-order valence-corrected chi connectivity index (χ4v) is 5.18. The molecule has 0 fully saturated rings. The fraction of sp³-hybridized carbons (Fsp3) is 0.700. The van der Waals surface area contributed by atoms with E-state index >= 15 is 0 Å². The predicted octanol–water partition coefficient (Wildman–Crippen LogP) is 4.21. The van der Waals surface area contributed by atoms with Crippen molar-refractivity contribution in [1.82, 2.24) is 9.55 Å². The van der Waals surface area contributed by atoms with E-state index in [0.29, 0.717) is 24.5 Å². The molecule has 25 heavy (non-hydrogen) atoms. The Labute approximate surface area is 154 Å². The van der Waals surface area contributed by atoms with Gasteiger partial charge in [-0.1, -0.05) is 27.7 Å². The average Bonchev–Trinajstić information content (AvgIpc) is 2.91. The Morgan fingerprint density at radius 3 is 2.76 bits per heavy atom. The number of hydrogen-bond donors (Lipinski definition) is 0. The topological polar surface area (TPSA) is 44.1 Å². The van der Waals surface area contributed by atoms with Crippen LogP contribution in [-0.4, -0.2) is 23.3 Å². The lowest BCUT2D eigenvalue weighted by Crippen LogP contribution is -2.29. The third kappa shape index (κ3) is 3.54. The summed E-state index contributed by atoms with van der Waals surface area (Å²) < 4.78 is 7.05. The summed E-state index contributed by atoms with van der Waals surface area (Å²) in [6, 6.07) is 0. The maximum absolute atomic E-state index is 13.2. The van der Waals surface area contributed by atoms with Gasteiger partial charge in [0.1, 0.15) is 10.7 Å². The molecule has 0 amide bonds. The Kier molecular flexibility index (Phi) is 5.35. The van der Waals surface area contributed by atoms with Crippen LogP contribution in [0.5, 0.6) is 0 Å². The maximum atomic E-state index is 13.2. The summed E-state index contributed by atoms with van der Waals surface area (Å²) in [4.78, 5) is 20.4. The van der Waals surface area contributed by atoms with Crippen LogP contribution in [0.3, 0.4) is 0 Å². The molecule has 3 rings (SSSR count). The molecule has 1 unspecified atom stereocenters. The molecule has 0 spiro atoms. The van der Waals surface area contributed by atoms with Gasteiger partial charge in [-0.2, -0.15) is 0 Å². The molecular weight excluding hydrogens is 332 g/mol. The summed E-state index contributed by atoms with van der Waals surface area (Å²) in [5, 5.41) is 0.878. The minimum absolute atomic E-state index is 0.136. The molecule has 0 radical (unpaired) electrons. The monoisotopic (exact) mass is 362 g/mol. The van der Waals surface area contributed by atoms with E-state index < -0.39 is 0 Å². The van der Waals surface area contributed by atoms with E-state index in [1.165, 1.54) is 10.4 Å². The van der Waals surface area contributed by atoms with E-state index in [4.69, 9.17) is 9.72 Å². The number of thiophene rings is 1. The predicted molar refractivity (Wildman–Crippen MR) is 105 cm³/mol. The largest absolute Gasteiger partial charge is 0.383 e. The van der Waals surface area contributed by atoms with Crippen molar-refractivity contribution in [3.63, 3.8) is 0 Å². The van der Waals surface area contributed by atoms with Crippen molar-refractivity contribution in [3.8, 4) is 0 Å². The summed E-state index contributed by atoms with van der Waals surface area (Å²) in [6.07, 6.45) is 5.08. The first-order valence-electron chi connectivity index (χ1n) is 9.39. The Bertz CT molecular complexity index is 814. The first-order valence-corrected chi connectivity index (χ1v) is 10.2. The number of aromatic nitrogens is 2. The highest BCUT2D eigenvalue weighted by Gasteiger charge is 2.32. The lowest BCUT2D eigenvalue weighted by atomic mass is 9.72. The van der Waals surface area contributed by atoms with E-state index in [-0.39, 0.29) is 5.56 Å². The molecule has 0 aromatic carbocycles. The molecule has 2 aromatic rings. The first-order chi connectivity index (χ1) is 11.9. The highest BCUT2D eigenvalue weighted by atomic mass is 32.1. The number of methoxy groups -OCH3 is 1. The number of fused-ring (bicyclic) bond motifs is 3. The number of hydrogen-bond acceptors (Lipinski definition) is 4. The van der Waals surface area contributed by atoms with Crippen LogP contribution in [0.4, 0.5) is 0 Å². The molecule has 0 saturated carbocycles. The van der Waals surface area contributed by atoms with E-state index in [0.717, 1.165) is 48.1 Å². The van der Waals surface area contributed by atoms with Crippen LogP contribution in [0.25, 0.3) is 10.2 Å². The van der Waals surface area contributed by atoms with Crippen LogP contribution < -0.4 is 5.56 Å². The molecule has 4 nitrogen and oxygen atoms in total. The van der Waals surface area contributed by atoms with Crippen molar-refractivity contribution in [2.45, 2.75) is 66.3 Å². The number of rotatable bonds is 5. The number of ether oxygens (including phenoxy) is 1. The standard InChI is InChI=1S/C20H30N2O2S/c1-6-7-16-21-18-17(19(23)22(16)10-11-24-5)14-9-8-13(20(2,3)4)12-15(14)25-18/h13H,6-12H2,1-5H3. The molecule has 2 heterocycles. The second-order valence-corrected chi connectivity index (χ2v) is 9.30. The molecule has 1 aliphatic rings. The zero-order valence-electron chi connectivity index (χ0n) is 16.1. The molecule has 1 atom stereocenters. The van der Waals surface area contributed by atoms with Crippen molar-refractivity contribution >= 4 is 21.6 Å². The third-order valence-electron chi connectivity index (χ3n) is 5.47. The van der Waals surface area contributed by atoms with Crippen molar-refractivity contribution < 1.29 is 4.74 Å². The molecule has 0 N–H and O–H groups in total. The zero-order valence-corrected chi connectivity index (χ0v) is 17.0. The smallest absolute Gasteiger partial charge is 0.262 e. The van der Waals surface area contributed by atoms with E-state index in [2.05, 4.69) is 27.7 Å². The summed E-state index contributed by atoms with van der Waals surface area (Å²) in [6.45, 7) is 10.2. The Hall–Kier alpha value is -1.20. The highest BCUT2D eigenvalue weighted by molar-refractivity contribution is 7.18. The second-order valence-electron chi connectivity index (χ2n) is 8.22. The van der Waals surface area contributed by atoms with Crippen LogP contribution in [0, 0.1) is 11.3 Å². The molecule has 0 aliphatic heterocycles. The van der Waals surface area contributed by atoms with Gasteiger partial charge in [0.25, 0.3) is 5.56 Å². The zero-order chi connectivity index (χ0) is 18.2. The summed E-state index contributed by atoms with van der Waals surface area (Å²) in [5.41, 5.74) is 1.72. The Balaban J connectivity index is 2.10. The van der Waals surface area contributed by atoms with Gasteiger partial charge in [0.15, 0.2) is 0 Å². The molecule has 0 saturated heterocycles. The van der Waals surface area contributed by atoms with Gasteiger partial charge in [0.05, 0.1) is 18.5 Å². The van der Waals surface area contributed by atoms with Crippen LogP contribution in [-0.2, 0) is 30.5 Å². The fourth-order valence-electron chi connectivity index (χ4n) is 3.87. The van der Waals surface area contributed by atoms with E-state index in [1.807, 2.05) is 4.57 Å². The minimum Gasteiger partial charge on any atom is -0.383 e. The average molecular weight is 363 g/mol. The molecule has 138 valence electrons. The third-order valence-corrected chi connectivity index (χ3v) is 6.61. The number of nitrogens with zero attached hydrogens (tertiary/aromatic N) is 2. The number of aryl methyl sites for hydroxylation is 2. The molecule has 5 heteroatoms. The van der Waals surface area contributed by atoms with Crippen LogP contribution >= 0.6 is 11.3 Å². The van der Waals surface area contributed by atoms with Gasteiger partial charge in [-0.25, -0.2) is 4.98 Å². The molecule has 2 aromatic heterocycles. The van der Waals surface area contributed by atoms with Crippen LogP contribution in [0.2, 0.25) is 0 Å². The minimum atomic E-state index is 0.136. The van der Waals surface area contributed by atoms with Gasteiger partial charge in [-0.15, -0.1) is 11.3 Å². The van der Waals surface area contributed by atoms with Crippen molar-refractivity contribution in [2.75, 3.05) is 13.7 Å². The van der Waals surface area contributed by atoms with Crippen molar-refractivity contribution in [2.24, 2.45) is 11.3 Å². The van der Waals surface area contributed by atoms with Crippen LogP contribution in [0.15, 0.2) is 4.79 Å². The second kappa shape index (κ2) is 7.20. The van der Waals surface area contributed by atoms with E-state index in [9.17, 15) is 4.79 Å². The Morgan fingerprint density at radius 2 is 2.12 bits per heavy atom. The lowest BCUT2D eigenvalue weighted by molar-refractivity contribution is 0.185. The van der Waals surface area contributed by atoms with Crippen LogP contribution in [0.1, 0.15) is 56.8 Å². The summed E-state index contributed by atoms with van der Waals surface area (Å²) in [5.74, 6) is 1.59. The summed E-state index contributed by atoms with van der Waals surface area (Å²) in [7, 11) is 1.68. The van der Waals surface area contributed by atoms with Gasteiger partial charge in [-0.3, -0.25) is 9.36 Å². The Morgan fingerprint density at radius 1 is 1.36 bits per heavy atom. The normalized spacial score (nSPS) is 17.9. The molecule has 0 bridgehead atoms.